The maximum absolute atomic E-state index is 11.9. The molecule has 1 heterocycles. The maximum atomic E-state index is 11.9. The molecule has 0 unspecified atom stereocenters. The summed E-state index contributed by atoms with van der Waals surface area (Å²) in [6.07, 6.45) is 0.592. The Kier molecular flexibility index (Phi) is 4.21. The first-order chi connectivity index (χ1) is 11.5. The van der Waals surface area contributed by atoms with Crippen LogP contribution in [0.25, 0.3) is 16.9 Å². The number of hydrogen-bond donors (Lipinski definition) is 1. The highest BCUT2D eigenvalue weighted by atomic mass is 16.4. The van der Waals surface area contributed by atoms with Crippen molar-refractivity contribution < 1.29 is 9.90 Å². The van der Waals surface area contributed by atoms with Gasteiger partial charge in [-0.2, -0.15) is 5.10 Å². The lowest BCUT2D eigenvalue weighted by Gasteiger charge is -2.07. The first-order valence-corrected chi connectivity index (χ1v) is 8.00. The Balaban J connectivity index is 2.26. The average molecular weight is 320 g/mol. The number of benzene rings is 2. The predicted molar refractivity (Wildman–Crippen MR) is 94.8 cm³/mol. The molecule has 0 saturated heterocycles. The lowest BCUT2D eigenvalue weighted by Crippen LogP contribution is -2.05. The Morgan fingerprint density at radius 1 is 1.08 bits per heavy atom. The van der Waals surface area contributed by atoms with Crippen molar-refractivity contribution in [1.29, 1.82) is 0 Å². The third-order valence-corrected chi connectivity index (χ3v) is 4.10. The van der Waals surface area contributed by atoms with Gasteiger partial charge in [0, 0.05) is 5.56 Å². The van der Waals surface area contributed by atoms with Crippen LogP contribution >= 0.6 is 0 Å². The van der Waals surface area contributed by atoms with Crippen molar-refractivity contribution in [2.24, 2.45) is 0 Å². The van der Waals surface area contributed by atoms with E-state index < -0.39 is 5.97 Å². The number of carbonyl (C=O) groups is 1. The van der Waals surface area contributed by atoms with Crippen molar-refractivity contribution in [3.05, 3.63) is 70.9 Å². The molecule has 0 aliphatic rings. The van der Waals surface area contributed by atoms with Crippen molar-refractivity contribution in [2.75, 3.05) is 0 Å². The van der Waals surface area contributed by atoms with Gasteiger partial charge in [0.2, 0.25) is 0 Å². The second-order valence-electron chi connectivity index (χ2n) is 5.95. The second kappa shape index (κ2) is 6.32. The molecule has 1 N–H and O–H groups in total. The van der Waals surface area contributed by atoms with Gasteiger partial charge in [0.1, 0.15) is 11.3 Å². The van der Waals surface area contributed by atoms with Crippen LogP contribution in [0.4, 0.5) is 0 Å². The number of hydrogen-bond acceptors (Lipinski definition) is 2. The molecular formula is C20H20N2O2. The van der Waals surface area contributed by atoms with Crippen molar-refractivity contribution >= 4 is 5.97 Å². The molecule has 0 fully saturated rings. The molecule has 4 nitrogen and oxygen atoms in total. The fourth-order valence-corrected chi connectivity index (χ4v) is 2.89. The number of aryl methyl sites for hydroxylation is 2. The zero-order valence-corrected chi connectivity index (χ0v) is 14.1. The molecule has 0 aliphatic carbocycles. The summed E-state index contributed by atoms with van der Waals surface area (Å²) in [7, 11) is 0. The summed E-state index contributed by atoms with van der Waals surface area (Å²) in [6, 6.07) is 15.7. The average Bonchev–Trinajstić information content (AvgIpc) is 2.95. The smallest absolute Gasteiger partial charge is 0.339 e. The Hall–Kier alpha value is -2.88. The standard InChI is InChI=1S/C20H20N2O2/c1-4-17-18(20(23)24)19(15-10-8-13(2)9-11-15)21-22(17)16-7-5-6-14(3)12-16/h5-12H,4H2,1-3H3,(H,23,24). The summed E-state index contributed by atoms with van der Waals surface area (Å²) in [5, 5.41) is 14.4. The van der Waals surface area contributed by atoms with E-state index in [9.17, 15) is 9.90 Å². The molecule has 2 aromatic carbocycles. The van der Waals surface area contributed by atoms with E-state index in [2.05, 4.69) is 5.10 Å². The Labute approximate surface area is 141 Å². The molecule has 3 aromatic rings. The van der Waals surface area contributed by atoms with E-state index in [-0.39, 0.29) is 5.56 Å². The Morgan fingerprint density at radius 2 is 1.79 bits per heavy atom. The molecule has 0 atom stereocenters. The van der Waals surface area contributed by atoms with E-state index in [1.165, 1.54) is 0 Å². The van der Waals surface area contributed by atoms with Crippen LogP contribution in [-0.2, 0) is 6.42 Å². The summed E-state index contributed by atoms with van der Waals surface area (Å²) in [6.45, 7) is 5.97. The van der Waals surface area contributed by atoms with Crippen molar-refractivity contribution in [3.8, 4) is 16.9 Å². The number of aromatic nitrogens is 2. The normalized spacial score (nSPS) is 10.8. The number of carboxylic acids is 1. The van der Waals surface area contributed by atoms with Gasteiger partial charge in [-0.1, -0.05) is 48.9 Å². The zero-order chi connectivity index (χ0) is 17.3. The molecule has 4 heteroatoms. The maximum Gasteiger partial charge on any atom is 0.339 e. The number of nitrogens with zero attached hydrogens (tertiary/aromatic N) is 2. The van der Waals surface area contributed by atoms with Gasteiger partial charge >= 0.3 is 5.97 Å². The van der Waals surface area contributed by atoms with E-state index in [4.69, 9.17) is 0 Å². The largest absolute Gasteiger partial charge is 0.478 e. The monoisotopic (exact) mass is 320 g/mol. The van der Waals surface area contributed by atoms with Gasteiger partial charge in [0.05, 0.1) is 11.4 Å². The topological polar surface area (TPSA) is 55.1 Å². The fraction of sp³-hybridized carbons (Fsp3) is 0.200. The summed E-state index contributed by atoms with van der Waals surface area (Å²) >= 11 is 0. The third kappa shape index (κ3) is 2.83. The molecule has 0 aliphatic heterocycles. The first-order valence-electron chi connectivity index (χ1n) is 8.00. The Morgan fingerprint density at radius 3 is 2.38 bits per heavy atom. The van der Waals surface area contributed by atoms with Gasteiger partial charge in [0.25, 0.3) is 0 Å². The number of carboxylic acid groups (broad SMARTS) is 1. The van der Waals surface area contributed by atoms with Crippen LogP contribution in [0.15, 0.2) is 48.5 Å². The highest BCUT2D eigenvalue weighted by molar-refractivity contribution is 5.96. The summed E-state index contributed by atoms with van der Waals surface area (Å²) in [5.41, 5.74) is 5.45. The molecule has 0 saturated carbocycles. The van der Waals surface area contributed by atoms with Gasteiger partial charge in [-0.05, 0) is 38.0 Å². The summed E-state index contributed by atoms with van der Waals surface area (Å²) < 4.78 is 1.76. The minimum absolute atomic E-state index is 0.280. The van der Waals surface area contributed by atoms with Crippen LogP contribution in [-0.4, -0.2) is 20.9 Å². The van der Waals surface area contributed by atoms with E-state index in [1.807, 2.05) is 69.3 Å². The molecule has 24 heavy (non-hydrogen) atoms. The lowest BCUT2D eigenvalue weighted by molar-refractivity contribution is 0.0696. The number of aromatic carboxylic acids is 1. The minimum Gasteiger partial charge on any atom is -0.478 e. The second-order valence-corrected chi connectivity index (χ2v) is 5.95. The predicted octanol–water partition coefficient (Wildman–Crippen LogP) is 4.42. The van der Waals surface area contributed by atoms with Crippen LogP contribution in [0.1, 0.15) is 34.1 Å². The van der Waals surface area contributed by atoms with Gasteiger partial charge < -0.3 is 5.11 Å². The van der Waals surface area contributed by atoms with Crippen molar-refractivity contribution in [2.45, 2.75) is 27.2 Å². The third-order valence-electron chi connectivity index (χ3n) is 4.10. The quantitative estimate of drug-likeness (QED) is 0.774. The van der Waals surface area contributed by atoms with Gasteiger partial charge in [-0.3, -0.25) is 0 Å². The van der Waals surface area contributed by atoms with Crippen LogP contribution in [0, 0.1) is 13.8 Å². The number of rotatable bonds is 4. The van der Waals surface area contributed by atoms with Crippen molar-refractivity contribution in [3.63, 3.8) is 0 Å². The SMILES string of the molecule is CCc1c(C(=O)O)c(-c2ccc(C)cc2)nn1-c1cccc(C)c1. The first kappa shape index (κ1) is 16.0. The summed E-state index contributed by atoms with van der Waals surface area (Å²) in [4.78, 5) is 11.9. The van der Waals surface area contributed by atoms with E-state index in [0.717, 1.165) is 22.4 Å². The molecule has 3 rings (SSSR count). The molecular weight excluding hydrogens is 300 g/mol. The van der Waals surface area contributed by atoms with Crippen LogP contribution in [0.3, 0.4) is 0 Å². The molecule has 0 bridgehead atoms. The van der Waals surface area contributed by atoms with Crippen LogP contribution < -0.4 is 0 Å². The molecule has 122 valence electrons. The van der Waals surface area contributed by atoms with Gasteiger partial charge in [-0.25, -0.2) is 9.48 Å². The van der Waals surface area contributed by atoms with Crippen LogP contribution in [0.5, 0.6) is 0 Å². The van der Waals surface area contributed by atoms with Crippen LogP contribution in [0.2, 0.25) is 0 Å². The lowest BCUT2D eigenvalue weighted by atomic mass is 10.0. The van der Waals surface area contributed by atoms with E-state index >= 15 is 0 Å². The Bertz CT molecular complexity index is 893. The molecule has 1 aromatic heterocycles. The summed E-state index contributed by atoms with van der Waals surface area (Å²) in [5.74, 6) is -0.943. The van der Waals surface area contributed by atoms with E-state index in [0.29, 0.717) is 17.8 Å². The van der Waals surface area contributed by atoms with Gasteiger partial charge in [0.15, 0.2) is 0 Å². The molecule has 0 amide bonds. The fourth-order valence-electron chi connectivity index (χ4n) is 2.89. The van der Waals surface area contributed by atoms with E-state index in [1.54, 1.807) is 4.68 Å². The highest BCUT2D eigenvalue weighted by Gasteiger charge is 2.24. The molecule has 0 spiro atoms. The zero-order valence-electron chi connectivity index (χ0n) is 14.1. The minimum atomic E-state index is -0.943. The van der Waals surface area contributed by atoms with Gasteiger partial charge in [-0.15, -0.1) is 0 Å². The van der Waals surface area contributed by atoms with Crippen molar-refractivity contribution in [1.82, 2.24) is 9.78 Å². The molecule has 0 radical (unpaired) electrons. The highest BCUT2D eigenvalue weighted by Crippen LogP contribution is 2.28.